The smallest absolute Gasteiger partial charge is 0.164 e. The van der Waals surface area contributed by atoms with Gasteiger partial charge in [-0.2, -0.15) is 0 Å². The summed E-state index contributed by atoms with van der Waals surface area (Å²) in [5, 5.41) is 8.89. The van der Waals surface area contributed by atoms with Gasteiger partial charge < -0.3 is 15.7 Å². The Morgan fingerprint density at radius 1 is 1.19 bits per heavy atom. The summed E-state index contributed by atoms with van der Waals surface area (Å²) in [6.07, 6.45) is 0.408. The summed E-state index contributed by atoms with van der Waals surface area (Å²) >= 11 is 0. The number of hydrogen-bond acceptors (Lipinski definition) is 5. The van der Waals surface area contributed by atoms with Gasteiger partial charge in [-0.3, -0.25) is 9.69 Å². The molecule has 2 rings (SSSR count). The highest BCUT2D eigenvalue weighted by Crippen LogP contribution is 2.14. The molecule has 0 bridgehead atoms. The number of nitrogens with two attached hydrogens (primary N) is 1. The van der Waals surface area contributed by atoms with Crippen molar-refractivity contribution in [3.63, 3.8) is 0 Å². The molecule has 1 aliphatic rings. The van der Waals surface area contributed by atoms with Crippen molar-refractivity contribution in [1.29, 1.82) is 0 Å². The number of halogens is 1. The lowest BCUT2D eigenvalue weighted by Gasteiger charge is -2.34. The standard InChI is InChI=1S/C15H22FN3O2/c16-13-2-1-12(11-14(13)17)15(21)3-4-18-5-7-19(8-6-18)9-10-20/h1-2,11,20H,3-10,17H2. The topological polar surface area (TPSA) is 69.8 Å². The first-order valence-electron chi connectivity index (χ1n) is 7.24. The molecule has 6 heteroatoms. The zero-order valence-corrected chi connectivity index (χ0v) is 12.1. The van der Waals surface area contributed by atoms with Crippen LogP contribution >= 0.6 is 0 Å². The van der Waals surface area contributed by atoms with Crippen molar-refractivity contribution in [3.05, 3.63) is 29.6 Å². The summed E-state index contributed by atoms with van der Waals surface area (Å²) in [5.74, 6) is -0.508. The van der Waals surface area contributed by atoms with Crippen LogP contribution in [0.4, 0.5) is 10.1 Å². The maximum Gasteiger partial charge on any atom is 0.164 e. The number of benzene rings is 1. The molecule has 0 saturated carbocycles. The van der Waals surface area contributed by atoms with Crippen molar-refractivity contribution >= 4 is 11.5 Å². The second kappa shape index (κ2) is 7.49. The third-order valence-corrected chi connectivity index (χ3v) is 3.85. The second-order valence-corrected chi connectivity index (χ2v) is 5.32. The Hall–Kier alpha value is -1.50. The lowest BCUT2D eigenvalue weighted by molar-refractivity contribution is 0.0907. The zero-order chi connectivity index (χ0) is 15.2. The summed E-state index contributed by atoms with van der Waals surface area (Å²) in [4.78, 5) is 16.5. The third-order valence-electron chi connectivity index (χ3n) is 3.85. The van der Waals surface area contributed by atoms with E-state index in [9.17, 15) is 9.18 Å². The first-order chi connectivity index (χ1) is 10.1. The number of ketones is 1. The highest BCUT2D eigenvalue weighted by Gasteiger charge is 2.17. The average Bonchev–Trinajstić information content (AvgIpc) is 2.49. The number of aliphatic hydroxyl groups excluding tert-OH is 1. The van der Waals surface area contributed by atoms with E-state index in [4.69, 9.17) is 10.8 Å². The van der Waals surface area contributed by atoms with Crippen LogP contribution in [0, 0.1) is 5.82 Å². The monoisotopic (exact) mass is 295 g/mol. The molecule has 0 spiro atoms. The van der Waals surface area contributed by atoms with E-state index in [2.05, 4.69) is 9.80 Å². The fourth-order valence-corrected chi connectivity index (χ4v) is 2.50. The number of hydrogen-bond donors (Lipinski definition) is 2. The van der Waals surface area contributed by atoms with E-state index >= 15 is 0 Å². The lowest BCUT2D eigenvalue weighted by Crippen LogP contribution is -2.47. The molecule has 1 saturated heterocycles. The van der Waals surface area contributed by atoms with E-state index in [0.29, 0.717) is 25.1 Å². The summed E-state index contributed by atoms with van der Waals surface area (Å²) in [7, 11) is 0. The van der Waals surface area contributed by atoms with Gasteiger partial charge in [0.25, 0.3) is 0 Å². The van der Waals surface area contributed by atoms with Gasteiger partial charge in [0.2, 0.25) is 0 Å². The number of Topliss-reactive ketones (excluding diaryl/α,β-unsaturated/α-hetero) is 1. The maximum atomic E-state index is 13.1. The fourth-order valence-electron chi connectivity index (χ4n) is 2.50. The van der Waals surface area contributed by atoms with E-state index in [1.165, 1.54) is 18.2 Å². The molecule has 0 radical (unpaired) electrons. The first-order valence-corrected chi connectivity index (χ1v) is 7.24. The Kier molecular flexibility index (Phi) is 5.67. The van der Waals surface area contributed by atoms with Crippen molar-refractivity contribution in [2.24, 2.45) is 0 Å². The number of rotatable bonds is 6. The second-order valence-electron chi connectivity index (χ2n) is 5.32. The minimum atomic E-state index is -0.494. The Balaban J connectivity index is 1.78. The van der Waals surface area contributed by atoms with Crippen LogP contribution in [0.3, 0.4) is 0 Å². The van der Waals surface area contributed by atoms with E-state index in [0.717, 1.165) is 26.2 Å². The van der Waals surface area contributed by atoms with Gasteiger partial charge in [0.05, 0.1) is 12.3 Å². The molecule has 1 heterocycles. The van der Waals surface area contributed by atoms with Crippen molar-refractivity contribution < 1.29 is 14.3 Å². The molecule has 1 aliphatic heterocycles. The largest absolute Gasteiger partial charge is 0.396 e. The molecule has 21 heavy (non-hydrogen) atoms. The third kappa shape index (κ3) is 4.49. The molecule has 0 aromatic heterocycles. The molecule has 1 aromatic rings. The number of nitrogen functional groups attached to an aromatic ring is 1. The number of piperazine rings is 1. The van der Waals surface area contributed by atoms with Crippen LogP contribution in [0.15, 0.2) is 18.2 Å². The van der Waals surface area contributed by atoms with Crippen LogP contribution in [0.1, 0.15) is 16.8 Å². The number of aliphatic hydroxyl groups is 1. The number of carbonyl (C=O) groups excluding carboxylic acids is 1. The molecule has 0 aliphatic carbocycles. The first kappa shape index (κ1) is 15.9. The molecular formula is C15H22FN3O2. The lowest BCUT2D eigenvalue weighted by atomic mass is 10.1. The van der Waals surface area contributed by atoms with Crippen LogP contribution in [0.2, 0.25) is 0 Å². The van der Waals surface area contributed by atoms with Gasteiger partial charge in [0.1, 0.15) is 5.82 Å². The van der Waals surface area contributed by atoms with Gasteiger partial charge in [-0.05, 0) is 18.2 Å². The van der Waals surface area contributed by atoms with Gasteiger partial charge in [-0.1, -0.05) is 0 Å². The highest BCUT2D eigenvalue weighted by atomic mass is 19.1. The van der Waals surface area contributed by atoms with Gasteiger partial charge >= 0.3 is 0 Å². The molecular weight excluding hydrogens is 273 g/mol. The number of β-amino-alcohol motifs (C(OH)–C–C–N with tert-alkyl or cyclic N) is 1. The number of anilines is 1. The van der Waals surface area contributed by atoms with E-state index in [1.807, 2.05) is 0 Å². The SMILES string of the molecule is Nc1cc(C(=O)CCN2CCN(CCO)CC2)ccc1F. The Morgan fingerprint density at radius 3 is 2.38 bits per heavy atom. The molecule has 1 fully saturated rings. The predicted molar refractivity (Wildman–Crippen MR) is 79.7 cm³/mol. The molecule has 0 unspecified atom stereocenters. The van der Waals surface area contributed by atoms with Gasteiger partial charge in [-0.25, -0.2) is 4.39 Å². The van der Waals surface area contributed by atoms with Gasteiger partial charge in [-0.15, -0.1) is 0 Å². The van der Waals surface area contributed by atoms with E-state index < -0.39 is 5.82 Å². The highest BCUT2D eigenvalue weighted by molar-refractivity contribution is 5.96. The Bertz CT molecular complexity index is 488. The zero-order valence-electron chi connectivity index (χ0n) is 12.1. The van der Waals surface area contributed by atoms with Crippen molar-refractivity contribution in [2.45, 2.75) is 6.42 Å². The summed E-state index contributed by atoms with van der Waals surface area (Å²) in [5.41, 5.74) is 5.96. The molecule has 3 N–H and O–H groups in total. The molecule has 0 amide bonds. The van der Waals surface area contributed by atoms with Crippen LogP contribution < -0.4 is 5.73 Å². The number of nitrogens with zero attached hydrogens (tertiary/aromatic N) is 2. The summed E-state index contributed by atoms with van der Waals surface area (Å²) in [6.45, 7) is 5.23. The Morgan fingerprint density at radius 2 is 1.81 bits per heavy atom. The quantitative estimate of drug-likeness (QED) is 0.594. The summed E-state index contributed by atoms with van der Waals surface area (Å²) < 4.78 is 13.1. The van der Waals surface area contributed by atoms with Gasteiger partial charge in [0.15, 0.2) is 5.78 Å². The fraction of sp³-hybridized carbons (Fsp3) is 0.533. The normalized spacial score (nSPS) is 17.0. The minimum Gasteiger partial charge on any atom is -0.396 e. The maximum absolute atomic E-state index is 13.1. The number of carbonyl (C=O) groups is 1. The van der Waals surface area contributed by atoms with Crippen LogP contribution in [-0.4, -0.2) is 66.6 Å². The molecule has 1 aromatic carbocycles. The van der Waals surface area contributed by atoms with Crippen LogP contribution in [0.5, 0.6) is 0 Å². The van der Waals surface area contributed by atoms with Crippen molar-refractivity contribution in [3.8, 4) is 0 Å². The molecule has 116 valence electrons. The predicted octanol–water partition coefficient (Wildman–Crippen LogP) is 0.591. The van der Waals surface area contributed by atoms with E-state index in [-0.39, 0.29) is 18.1 Å². The van der Waals surface area contributed by atoms with Crippen LogP contribution in [0.25, 0.3) is 0 Å². The van der Waals surface area contributed by atoms with Crippen molar-refractivity contribution in [1.82, 2.24) is 9.80 Å². The van der Waals surface area contributed by atoms with Crippen LogP contribution in [-0.2, 0) is 0 Å². The van der Waals surface area contributed by atoms with Crippen molar-refractivity contribution in [2.75, 3.05) is 51.6 Å². The summed E-state index contributed by atoms with van der Waals surface area (Å²) in [6, 6.07) is 4.11. The average molecular weight is 295 g/mol. The molecule has 5 nitrogen and oxygen atoms in total. The van der Waals surface area contributed by atoms with E-state index in [1.54, 1.807) is 0 Å². The Labute approximate surface area is 124 Å². The van der Waals surface area contributed by atoms with Gasteiger partial charge in [0, 0.05) is 51.3 Å². The minimum absolute atomic E-state index is 0.0125. The molecule has 0 atom stereocenters.